The Kier molecular flexibility index (Phi) is 2.98. The molecular weight excluding hydrogens is 272 g/mol. The zero-order valence-corrected chi connectivity index (χ0v) is 11.2. The number of ether oxygens (including phenoxy) is 1. The molecule has 0 saturated heterocycles. The van der Waals surface area contributed by atoms with Gasteiger partial charge in [0.2, 0.25) is 0 Å². The van der Waals surface area contributed by atoms with E-state index in [2.05, 4.69) is 4.74 Å². The van der Waals surface area contributed by atoms with Crippen LogP contribution >= 0.6 is 0 Å². The van der Waals surface area contributed by atoms with Crippen LogP contribution < -0.4 is 0 Å². The number of ketones is 2. The van der Waals surface area contributed by atoms with Crippen LogP contribution in [-0.4, -0.2) is 28.9 Å². The molecule has 106 valence electrons. The zero-order chi connectivity index (χ0) is 15.2. The van der Waals surface area contributed by atoms with E-state index in [-0.39, 0.29) is 28.0 Å². The summed E-state index contributed by atoms with van der Waals surface area (Å²) in [6.45, 7) is 0. The minimum atomic E-state index is -2.63. The molecule has 5 nitrogen and oxygen atoms in total. The Labute approximate surface area is 120 Å². The van der Waals surface area contributed by atoms with Gasteiger partial charge in [-0.1, -0.05) is 42.5 Å². The third-order valence-corrected chi connectivity index (χ3v) is 3.59. The molecular formula is C16H12O5. The normalized spacial score (nSPS) is 13.9. The maximum Gasteiger partial charge on any atom is 0.307 e. The highest BCUT2D eigenvalue weighted by atomic mass is 16.8. The van der Waals surface area contributed by atoms with Gasteiger partial charge in [0.05, 0.1) is 5.56 Å². The molecule has 3 rings (SSSR count). The quantitative estimate of drug-likeness (QED) is 0.691. The topological polar surface area (TPSA) is 83.8 Å². The Hall–Kier alpha value is -2.34. The van der Waals surface area contributed by atoms with Gasteiger partial charge in [-0.25, -0.2) is 0 Å². The highest BCUT2D eigenvalue weighted by Crippen LogP contribution is 2.33. The van der Waals surface area contributed by atoms with E-state index in [0.29, 0.717) is 5.56 Å². The monoisotopic (exact) mass is 284 g/mol. The van der Waals surface area contributed by atoms with Crippen LogP contribution in [-0.2, 0) is 10.7 Å². The number of fused-ring (bicyclic) bond motifs is 2. The maximum absolute atomic E-state index is 12.6. The molecule has 2 aromatic carbocycles. The van der Waals surface area contributed by atoms with Crippen LogP contribution in [0.1, 0.15) is 37.4 Å². The Morgan fingerprint density at radius 1 is 0.857 bits per heavy atom. The van der Waals surface area contributed by atoms with Gasteiger partial charge in [0.1, 0.15) is 0 Å². The van der Waals surface area contributed by atoms with Crippen molar-refractivity contribution in [2.75, 3.05) is 7.11 Å². The van der Waals surface area contributed by atoms with Crippen LogP contribution in [0.15, 0.2) is 42.5 Å². The fraction of sp³-hybridized carbons (Fsp3) is 0.125. The summed E-state index contributed by atoms with van der Waals surface area (Å²) in [5.41, 5.74) is 0.518. The number of benzene rings is 2. The molecule has 2 N–H and O–H groups in total. The molecule has 2 aromatic rings. The fourth-order valence-electron chi connectivity index (χ4n) is 2.53. The summed E-state index contributed by atoms with van der Waals surface area (Å²) in [6.07, 6.45) is 0. The van der Waals surface area contributed by atoms with E-state index in [4.69, 9.17) is 0 Å². The van der Waals surface area contributed by atoms with Gasteiger partial charge in [-0.05, 0) is 0 Å². The van der Waals surface area contributed by atoms with Gasteiger partial charge in [-0.15, -0.1) is 0 Å². The number of rotatable bonds is 2. The van der Waals surface area contributed by atoms with Crippen LogP contribution in [0.4, 0.5) is 0 Å². The summed E-state index contributed by atoms with van der Waals surface area (Å²) in [7, 11) is 1.10. The van der Waals surface area contributed by atoms with Crippen LogP contribution in [0.3, 0.4) is 0 Å². The number of methoxy groups -OCH3 is 1. The minimum absolute atomic E-state index is 0.0342. The highest BCUT2D eigenvalue weighted by molar-refractivity contribution is 6.28. The van der Waals surface area contributed by atoms with Crippen molar-refractivity contribution in [1.82, 2.24) is 0 Å². The van der Waals surface area contributed by atoms with Crippen LogP contribution in [0, 0.1) is 0 Å². The molecule has 0 aliphatic heterocycles. The molecule has 0 bridgehead atoms. The van der Waals surface area contributed by atoms with Gasteiger partial charge in [-0.2, -0.15) is 0 Å². The first kappa shape index (κ1) is 13.6. The van der Waals surface area contributed by atoms with Gasteiger partial charge in [0.25, 0.3) is 0 Å². The van der Waals surface area contributed by atoms with Crippen molar-refractivity contribution in [2.45, 2.75) is 5.97 Å². The predicted molar refractivity (Wildman–Crippen MR) is 72.9 cm³/mol. The lowest BCUT2D eigenvalue weighted by Gasteiger charge is -2.26. The van der Waals surface area contributed by atoms with E-state index in [0.717, 1.165) is 7.11 Å². The number of carbonyl (C=O) groups is 2. The lowest BCUT2D eigenvalue weighted by Crippen LogP contribution is -2.32. The maximum atomic E-state index is 12.6. The largest absolute Gasteiger partial charge is 0.340 e. The summed E-state index contributed by atoms with van der Waals surface area (Å²) < 4.78 is 4.61. The SMILES string of the molecule is COC(O)(O)c1cccc2c1C(=O)c1ccccc1C2=O. The second-order valence-corrected chi connectivity index (χ2v) is 4.74. The molecule has 0 unspecified atom stereocenters. The summed E-state index contributed by atoms with van der Waals surface area (Å²) >= 11 is 0. The van der Waals surface area contributed by atoms with E-state index in [1.165, 1.54) is 18.2 Å². The highest BCUT2D eigenvalue weighted by Gasteiger charge is 2.37. The standard InChI is InChI=1S/C16H12O5/c1-21-16(19,20)12-8-4-7-11-13(12)15(18)10-6-3-2-5-9(10)14(11)17/h2-8,19-20H,1H3. The third-order valence-electron chi connectivity index (χ3n) is 3.59. The minimum Gasteiger partial charge on any atom is -0.340 e. The molecule has 0 radical (unpaired) electrons. The number of aliphatic hydroxyl groups is 2. The van der Waals surface area contributed by atoms with Gasteiger partial charge >= 0.3 is 5.97 Å². The van der Waals surface area contributed by atoms with Gasteiger partial charge < -0.3 is 14.9 Å². The molecule has 1 aliphatic rings. The summed E-state index contributed by atoms with van der Waals surface area (Å²) in [5.74, 6) is -3.39. The molecule has 0 atom stereocenters. The Bertz CT molecular complexity index is 761. The van der Waals surface area contributed by atoms with E-state index in [1.807, 2.05) is 0 Å². The van der Waals surface area contributed by atoms with E-state index < -0.39 is 11.8 Å². The van der Waals surface area contributed by atoms with Crippen molar-refractivity contribution in [2.24, 2.45) is 0 Å². The molecule has 0 amide bonds. The Balaban J connectivity index is 2.31. The van der Waals surface area contributed by atoms with Crippen LogP contribution in [0.2, 0.25) is 0 Å². The summed E-state index contributed by atoms with van der Waals surface area (Å²) in [4.78, 5) is 25.1. The first-order valence-corrected chi connectivity index (χ1v) is 6.29. The molecule has 0 saturated carbocycles. The fourth-order valence-corrected chi connectivity index (χ4v) is 2.53. The van der Waals surface area contributed by atoms with Crippen molar-refractivity contribution in [1.29, 1.82) is 0 Å². The van der Waals surface area contributed by atoms with Gasteiger partial charge in [-0.3, -0.25) is 9.59 Å². The molecule has 5 heteroatoms. The third kappa shape index (κ3) is 1.91. The summed E-state index contributed by atoms with van der Waals surface area (Å²) in [5, 5.41) is 19.7. The first-order chi connectivity index (χ1) is 9.97. The number of hydrogen-bond donors (Lipinski definition) is 2. The lowest BCUT2D eigenvalue weighted by atomic mass is 9.81. The second kappa shape index (κ2) is 4.60. The smallest absolute Gasteiger partial charge is 0.307 e. The van der Waals surface area contributed by atoms with Crippen LogP contribution in [0.5, 0.6) is 0 Å². The summed E-state index contributed by atoms with van der Waals surface area (Å²) in [6, 6.07) is 10.8. The molecule has 0 spiro atoms. The van der Waals surface area contributed by atoms with E-state index in [9.17, 15) is 19.8 Å². The van der Waals surface area contributed by atoms with Crippen molar-refractivity contribution in [3.8, 4) is 0 Å². The lowest BCUT2D eigenvalue weighted by molar-refractivity contribution is -0.338. The van der Waals surface area contributed by atoms with Crippen molar-refractivity contribution in [3.63, 3.8) is 0 Å². The molecule has 0 heterocycles. The van der Waals surface area contributed by atoms with E-state index in [1.54, 1.807) is 24.3 Å². The van der Waals surface area contributed by atoms with Crippen molar-refractivity contribution < 1.29 is 24.5 Å². The van der Waals surface area contributed by atoms with Gasteiger partial charge in [0.15, 0.2) is 11.6 Å². The first-order valence-electron chi connectivity index (χ1n) is 6.29. The number of hydrogen-bond acceptors (Lipinski definition) is 5. The van der Waals surface area contributed by atoms with Crippen molar-refractivity contribution in [3.05, 3.63) is 70.3 Å². The molecule has 0 aromatic heterocycles. The Morgan fingerprint density at radius 3 is 2.05 bits per heavy atom. The molecule has 1 aliphatic carbocycles. The molecule has 21 heavy (non-hydrogen) atoms. The number of carbonyl (C=O) groups excluding carboxylic acids is 2. The van der Waals surface area contributed by atoms with Crippen molar-refractivity contribution >= 4 is 11.6 Å². The molecule has 0 fully saturated rings. The van der Waals surface area contributed by atoms with Gasteiger partial charge in [0, 0.05) is 29.4 Å². The average Bonchev–Trinajstić information content (AvgIpc) is 2.52. The average molecular weight is 284 g/mol. The predicted octanol–water partition coefficient (Wildman–Crippen LogP) is 1.20. The van der Waals surface area contributed by atoms with Crippen LogP contribution in [0.25, 0.3) is 0 Å². The van der Waals surface area contributed by atoms with E-state index >= 15 is 0 Å². The second-order valence-electron chi connectivity index (χ2n) is 4.74. The zero-order valence-electron chi connectivity index (χ0n) is 11.2. The Morgan fingerprint density at radius 2 is 1.43 bits per heavy atom.